The molecule has 1 aliphatic rings. The monoisotopic (exact) mass is 312 g/mol. The number of nitrogens with zero attached hydrogens (tertiary/aromatic N) is 2. The summed E-state index contributed by atoms with van der Waals surface area (Å²) in [5.41, 5.74) is 1.05. The number of pyridine rings is 1. The van der Waals surface area contributed by atoms with Crippen molar-refractivity contribution in [1.29, 1.82) is 0 Å². The third-order valence-corrected chi connectivity index (χ3v) is 3.53. The minimum absolute atomic E-state index is 0.0160. The molecule has 0 radical (unpaired) electrons. The molecule has 1 saturated heterocycles. The fraction of sp³-hybridized carbons (Fsp3) is 0.538. The highest BCUT2D eigenvalue weighted by Crippen LogP contribution is 2.25. The summed E-state index contributed by atoms with van der Waals surface area (Å²) in [6, 6.07) is 2.03. The predicted molar refractivity (Wildman–Crippen MR) is 73.5 cm³/mol. The van der Waals surface area contributed by atoms with Gasteiger partial charge in [-0.1, -0.05) is 0 Å². The Morgan fingerprint density at radius 2 is 2.44 bits per heavy atom. The molecular weight excluding hydrogens is 296 g/mol. The fourth-order valence-corrected chi connectivity index (χ4v) is 2.59. The molecule has 5 heteroatoms. The first-order valence-electron chi connectivity index (χ1n) is 6.23. The molecule has 0 saturated carbocycles. The van der Waals surface area contributed by atoms with Crippen LogP contribution in [-0.2, 0) is 9.53 Å². The number of carbonyl (C=O) groups is 1. The lowest BCUT2D eigenvalue weighted by molar-refractivity contribution is -0.148. The number of anilines is 1. The van der Waals surface area contributed by atoms with Gasteiger partial charge in [0.25, 0.3) is 0 Å². The van der Waals surface area contributed by atoms with Crippen LogP contribution < -0.4 is 4.90 Å². The molecule has 4 nitrogen and oxygen atoms in total. The van der Waals surface area contributed by atoms with Crippen LogP contribution in [0, 0.1) is 5.92 Å². The first-order valence-corrected chi connectivity index (χ1v) is 7.02. The molecule has 0 N–H and O–H groups in total. The quantitative estimate of drug-likeness (QED) is 0.805. The first kappa shape index (κ1) is 13.3. The molecule has 0 amide bonds. The van der Waals surface area contributed by atoms with Gasteiger partial charge < -0.3 is 9.64 Å². The maximum atomic E-state index is 11.8. The maximum Gasteiger partial charge on any atom is 0.310 e. The zero-order valence-electron chi connectivity index (χ0n) is 10.4. The Hall–Kier alpha value is -1.10. The molecular formula is C13H17BrN2O2. The molecule has 98 valence electrons. The molecule has 0 aromatic carbocycles. The maximum absolute atomic E-state index is 11.8. The smallest absolute Gasteiger partial charge is 0.310 e. The van der Waals surface area contributed by atoms with Crippen molar-refractivity contribution < 1.29 is 9.53 Å². The minimum Gasteiger partial charge on any atom is -0.466 e. The number of piperidine rings is 1. The van der Waals surface area contributed by atoms with Crippen molar-refractivity contribution >= 4 is 27.6 Å². The standard InChI is InChI=1S/C13H17BrN2O2/c1-2-18-13(17)10-4-3-5-16(9-10)12-6-11(14)7-15-8-12/h6-8,10H,2-5,9H2,1H3/t10-/m0/s1. The number of aromatic nitrogens is 1. The molecule has 0 unspecified atom stereocenters. The highest BCUT2D eigenvalue weighted by molar-refractivity contribution is 9.10. The lowest BCUT2D eigenvalue weighted by atomic mass is 9.98. The van der Waals surface area contributed by atoms with E-state index in [0.717, 1.165) is 36.1 Å². The molecule has 0 aliphatic carbocycles. The second-order valence-electron chi connectivity index (χ2n) is 4.40. The van der Waals surface area contributed by atoms with Gasteiger partial charge in [0.15, 0.2) is 0 Å². The van der Waals surface area contributed by atoms with Gasteiger partial charge in [0.1, 0.15) is 0 Å². The van der Waals surface area contributed by atoms with Gasteiger partial charge in [-0.3, -0.25) is 9.78 Å². The second kappa shape index (κ2) is 6.18. The van der Waals surface area contributed by atoms with E-state index in [-0.39, 0.29) is 11.9 Å². The summed E-state index contributed by atoms with van der Waals surface area (Å²) < 4.78 is 6.06. The van der Waals surface area contributed by atoms with Crippen LogP contribution >= 0.6 is 15.9 Å². The fourth-order valence-electron chi connectivity index (χ4n) is 2.24. The Morgan fingerprint density at radius 3 is 3.17 bits per heavy atom. The lowest BCUT2D eigenvalue weighted by Gasteiger charge is -2.33. The van der Waals surface area contributed by atoms with E-state index >= 15 is 0 Å². The SMILES string of the molecule is CCOC(=O)[C@H]1CCCN(c2cncc(Br)c2)C1. The van der Waals surface area contributed by atoms with Crippen LogP contribution in [0.3, 0.4) is 0 Å². The Kier molecular flexibility index (Phi) is 4.58. The highest BCUT2D eigenvalue weighted by Gasteiger charge is 2.27. The second-order valence-corrected chi connectivity index (χ2v) is 5.31. The number of rotatable bonds is 3. The average molecular weight is 313 g/mol. The average Bonchev–Trinajstić information content (AvgIpc) is 2.39. The summed E-state index contributed by atoms with van der Waals surface area (Å²) >= 11 is 3.42. The summed E-state index contributed by atoms with van der Waals surface area (Å²) in [6.45, 7) is 3.98. The van der Waals surface area contributed by atoms with E-state index in [1.807, 2.05) is 19.2 Å². The minimum atomic E-state index is -0.0786. The van der Waals surface area contributed by atoms with E-state index in [1.165, 1.54) is 0 Å². The van der Waals surface area contributed by atoms with Crippen LogP contribution in [0.5, 0.6) is 0 Å². The predicted octanol–water partition coefficient (Wildman–Crippen LogP) is 2.62. The Morgan fingerprint density at radius 1 is 1.61 bits per heavy atom. The third-order valence-electron chi connectivity index (χ3n) is 3.10. The molecule has 1 aromatic heterocycles. The van der Waals surface area contributed by atoms with E-state index in [0.29, 0.717) is 6.61 Å². The molecule has 2 rings (SSSR count). The Labute approximate surface area is 115 Å². The highest BCUT2D eigenvalue weighted by atomic mass is 79.9. The van der Waals surface area contributed by atoms with Crippen molar-refractivity contribution in [2.45, 2.75) is 19.8 Å². The Balaban J connectivity index is 2.04. The van der Waals surface area contributed by atoms with Crippen molar-refractivity contribution in [3.63, 3.8) is 0 Å². The van der Waals surface area contributed by atoms with Gasteiger partial charge >= 0.3 is 5.97 Å². The summed E-state index contributed by atoms with van der Waals surface area (Å²) in [6.07, 6.45) is 5.52. The van der Waals surface area contributed by atoms with Gasteiger partial charge in [0.2, 0.25) is 0 Å². The number of hydrogen-bond donors (Lipinski definition) is 0. The Bertz CT molecular complexity index is 425. The number of ether oxygens (including phenoxy) is 1. The van der Waals surface area contributed by atoms with Gasteiger partial charge in [-0.05, 0) is 41.8 Å². The van der Waals surface area contributed by atoms with Crippen molar-refractivity contribution in [3.8, 4) is 0 Å². The van der Waals surface area contributed by atoms with E-state index in [4.69, 9.17) is 4.74 Å². The van der Waals surface area contributed by atoms with Crippen LogP contribution in [0.15, 0.2) is 22.9 Å². The van der Waals surface area contributed by atoms with E-state index in [2.05, 4.69) is 25.8 Å². The molecule has 1 aromatic rings. The molecule has 1 aliphatic heterocycles. The van der Waals surface area contributed by atoms with Gasteiger partial charge in [-0.2, -0.15) is 0 Å². The van der Waals surface area contributed by atoms with Gasteiger partial charge in [0, 0.05) is 23.8 Å². The van der Waals surface area contributed by atoms with Gasteiger partial charge in [-0.15, -0.1) is 0 Å². The summed E-state index contributed by atoms with van der Waals surface area (Å²) in [5, 5.41) is 0. The summed E-state index contributed by atoms with van der Waals surface area (Å²) in [4.78, 5) is 18.1. The zero-order valence-corrected chi connectivity index (χ0v) is 12.0. The van der Waals surface area contributed by atoms with Gasteiger partial charge in [-0.25, -0.2) is 0 Å². The van der Waals surface area contributed by atoms with Crippen molar-refractivity contribution in [2.75, 3.05) is 24.6 Å². The molecule has 0 bridgehead atoms. The molecule has 1 atom stereocenters. The molecule has 0 spiro atoms. The van der Waals surface area contributed by atoms with Crippen LogP contribution in [0.25, 0.3) is 0 Å². The van der Waals surface area contributed by atoms with Gasteiger partial charge in [0.05, 0.1) is 24.4 Å². The normalized spacial score (nSPS) is 19.7. The van der Waals surface area contributed by atoms with E-state index < -0.39 is 0 Å². The summed E-state index contributed by atoms with van der Waals surface area (Å²) in [5.74, 6) is -0.0946. The lowest BCUT2D eigenvalue weighted by Crippen LogP contribution is -2.39. The van der Waals surface area contributed by atoms with Crippen molar-refractivity contribution in [2.24, 2.45) is 5.92 Å². The zero-order chi connectivity index (χ0) is 13.0. The molecule has 2 heterocycles. The number of esters is 1. The largest absolute Gasteiger partial charge is 0.466 e. The number of hydrogen-bond acceptors (Lipinski definition) is 4. The van der Waals surface area contributed by atoms with Crippen molar-refractivity contribution in [3.05, 3.63) is 22.9 Å². The van der Waals surface area contributed by atoms with Crippen LogP contribution in [0.2, 0.25) is 0 Å². The molecule has 1 fully saturated rings. The van der Waals surface area contributed by atoms with Crippen LogP contribution in [0.1, 0.15) is 19.8 Å². The summed E-state index contributed by atoms with van der Waals surface area (Å²) in [7, 11) is 0. The van der Waals surface area contributed by atoms with Crippen LogP contribution in [-0.4, -0.2) is 30.6 Å². The van der Waals surface area contributed by atoms with Crippen molar-refractivity contribution in [1.82, 2.24) is 4.98 Å². The van der Waals surface area contributed by atoms with Crippen LogP contribution in [0.4, 0.5) is 5.69 Å². The molecule has 18 heavy (non-hydrogen) atoms. The van der Waals surface area contributed by atoms with E-state index in [9.17, 15) is 4.79 Å². The number of carbonyl (C=O) groups excluding carboxylic acids is 1. The first-order chi connectivity index (χ1) is 8.70. The topological polar surface area (TPSA) is 42.4 Å². The number of halogens is 1. The van der Waals surface area contributed by atoms with E-state index in [1.54, 1.807) is 6.20 Å². The third kappa shape index (κ3) is 3.22.